The third-order valence-electron chi connectivity index (χ3n) is 10.3. The Morgan fingerprint density at radius 3 is 2.04 bits per heavy atom. The first kappa shape index (κ1) is 49.5. The number of carbonyl (C=O) groups excluding carboxylic acids is 2. The zero-order valence-electron chi connectivity index (χ0n) is 37.4. The van der Waals surface area contributed by atoms with Crippen LogP contribution in [0, 0.1) is 0 Å². The minimum absolute atomic E-state index is 0.108. The van der Waals surface area contributed by atoms with Crippen molar-refractivity contribution < 1.29 is 9.59 Å². The maximum Gasteiger partial charge on any atom is 0.251 e. The Balaban J connectivity index is 0.000000176. The van der Waals surface area contributed by atoms with E-state index in [4.69, 9.17) is 39.8 Å². The van der Waals surface area contributed by atoms with Crippen LogP contribution in [-0.4, -0.2) is 30.3 Å². The second-order valence-corrected chi connectivity index (χ2v) is 18.9. The number of rotatable bonds is 10. The molecule has 340 valence electrons. The predicted octanol–water partition coefficient (Wildman–Crippen LogP) is 15.8. The molecule has 11 heteroatoms. The molecule has 0 aromatic heterocycles. The van der Waals surface area contributed by atoms with Crippen molar-refractivity contribution in [1.82, 2.24) is 10.6 Å². The van der Waals surface area contributed by atoms with Crippen LogP contribution in [-0.2, 0) is 13.0 Å². The lowest BCUT2D eigenvalue weighted by Crippen LogP contribution is -2.25. The first-order chi connectivity index (χ1) is 33.0. The van der Waals surface area contributed by atoms with Crippen LogP contribution in [0.1, 0.15) is 62.4 Å². The summed E-state index contributed by atoms with van der Waals surface area (Å²) in [4.78, 5) is 39.3. The molecule has 0 bridgehead atoms. The lowest BCUT2D eigenvalue weighted by molar-refractivity contribution is 0.0944. The summed E-state index contributed by atoms with van der Waals surface area (Å²) in [6, 6.07) is 50.8. The molecule has 0 atom stereocenters. The van der Waals surface area contributed by atoms with E-state index in [1.165, 1.54) is 0 Å². The largest absolute Gasteiger partial charge is 0.352 e. The summed E-state index contributed by atoms with van der Waals surface area (Å²) in [7, 11) is 0. The molecule has 68 heavy (non-hydrogen) atoms. The SMILES string of the molecule is C=C(C)/C=C\C=C/C.O=C(NCCc1cccc(Cl)c1)c1ccc2c(c1)N=C(c1ccccc1)c1ccccc1S2.O=C(NCc1ccc(Cl)cc1Cl)c1ccc2c(c1)N=Cc1ccccc1S2. The van der Waals surface area contributed by atoms with E-state index in [1.54, 1.807) is 41.7 Å². The van der Waals surface area contributed by atoms with Gasteiger partial charge in [0.25, 0.3) is 11.8 Å². The summed E-state index contributed by atoms with van der Waals surface area (Å²) >= 11 is 21.4. The van der Waals surface area contributed by atoms with Crippen LogP contribution in [0.25, 0.3) is 0 Å². The number of carbonyl (C=O) groups is 2. The second kappa shape index (κ2) is 24.6. The van der Waals surface area contributed by atoms with Gasteiger partial charge in [0.15, 0.2) is 0 Å². The topological polar surface area (TPSA) is 82.9 Å². The average molecular weight is 991 g/mol. The van der Waals surface area contributed by atoms with Crippen LogP contribution in [0.2, 0.25) is 15.1 Å². The molecule has 0 spiro atoms. The van der Waals surface area contributed by atoms with Gasteiger partial charge < -0.3 is 10.6 Å². The highest BCUT2D eigenvalue weighted by atomic mass is 35.5. The summed E-state index contributed by atoms with van der Waals surface area (Å²) in [6.45, 7) is 8.53. The fourth-order valence-corrected chi connectivity index (χ4v) is 9.54. The van der Waals surface area contributed by atoms with Crippen molar-refractivity contribution in [1.29, 1.82) is 0 Å². The van der Waals surface area contributed by atoms with Gasteiger partial charge in [-0.1, -0.05) is 180 Å². The summed E-state index contributed by atoms with van der Waals surface area (Å²) in [5, 5.41) is 7.70. The van der Waals surface area contributed by atoms with Crippen molar-refractivity contribution in [2.45, 2.75) is 46.4 Å². The predicted molar refractivity (Wildman–Crippen MR) is 287 cm³/mol. The molecule has 2 N–H and O–H groups in total. The van der Waals surface area contributed by atoms with Crippen molar-refractivity contribution in [3.63, 3.8) is 0 Å². The number of hydrogen-bond acceptors (Lipinski definition) is 6. The fourth-order valence-electron chi connectivity index (χ4n) is 6.87. The molecule has 7 aromatic rings. The van der Waals surface area contributed by atoms with Crippen molar-refractivity contribution in [3.8, 4) is 0 Å². The van der Waals surface area contributed by atoms with Gasteiger partial charge in [-0.25, -0.2) is 4.99 Å². The Labute approximate surface area is 422 Å². The first-order valence-corrected chi connectivity index (χ1v) is 24.5. The lowest BCUT2D eigenvalue weighted by atomic mass is 10.0. The van der Waals surface area contributed by atoms with Crippen molar-refractivity contribution >= 4 is 93.4 Å². The highest BCUT2D eigenvalue weighted by Gasteiger charge is 2.20. The molecular formula is C57H47Cl3N4O2S2. The van der Waals surface area contributed by atoms with Gasteiger partial charge in [-0.3, -0.25) is 14.6 Å². The van der Waals surface area contributed by atoms with E-state index < -0.39 is 0 Å². The summed E-state index contributed by atoms with van der Waals surface area (Å²) in [5.74, 6) is -0.283. The molecule has 0 saturated carbocycles. The quantitative estimate of drug-likeness (QED) is 0.134. The molecule has 7 aromatic carbocycles. The number of fused-ring (bicyclic) bond motifs is 4. The van der Waals surface area contributed by atoms with E-state index in [0.29, 0.717) is 39.3 Å². The number of nitrogens with one attached hydrogen (secondary N) is 2. The van der Waals surface area contributed by atoms with Gasteiger partial charge in [-0.05, 0) is 104 Å². The molecule has 2 amide bonds. The van der Waals surface area contributed by atoms with Crippen LogP contribution in [0.3, 0.4) is 0 Å². The van der Waals surface area contributed by atoms with E-state index in [-0.39, 0.29) is 11.8 Å². The molecule has 0 unspecified atom stereocenters. The van der Waals surface area contributed by atoms with Gasteiger partial charge >= 0.3 is 0 Å². The van der Waals surface area contributed by atoms with Crippen molar-refractivity contribution in [2.24, 2.45) is 9.98 Å². The van der Waals surface area contributed by atoms with Gasteiger partial charge in [0.2, 0.25) is 0 Å². The maximum absolute atomic E-state index is 12.9. The zero-order chi connectivity index (χ0) is 47.8. The lowest BCUT2D eigenvalue weighted by Gasteiger charge is -2.09. The monoisotopic (exact) mass is 988 g/mol. The normalized spacial score (nSPS) is 12.0. The first-order valence-electron chi connectivity index (χ1n) is 21.7. The Morgan fingerprint density at radius 2 is 1.31 bits per heavy atom. The molecule has 2 aliphatic heterocycles. The number of benzene rings is 7. The summed E-state index contributed by atoms with van der Waals surface area (Å²) in [6.07, 6.45) is 10.5. The minimum atomic E-state index is -0.175. The molecule has 0 fully saturated rings. The van der Waals surface area contributed by atoms with Gasteiger partial charge in [0.1, 0.15) is 0 Å². The molecule has 0 saturated heterocycles. The number of nitrogens with zero attached hydrogens (tertiary/aromatic N) is 2. The van der Waals surface area contributed by atoms with E-state index in [9.17, 15) is 9.59 Å². The van der Waals surface area contributed by atoms with E-state index in [1.807, 2.05) is 154 Å². The number of amides is 2. The molecule has 2 aliphatic rings. The summed E-state index contributed by atoms with van der Waals surface area (Å²) < 4.78 is 0. The number of halogens is 3. The molecule has 2 heterocycles. The van der Waals surface area contributed by atoms with Gasteiger partial charge in [0.05, 0.1) is 17.1 Å². The zero-order valence-corrected chi connectivity index (χ0v) is 41.3. The van der Waals surface area contributed by atoms with Gasteiger partial charge in [0, 0.05) is 81.8 Å². The number of aliphatic imine (C=N–C) groups is 2. The van der Waals surface area contributed by atoms with E-state index in [0.717, 1.165) is 76.5 Å². The average Bonchev–Trinajstić information content (AvgIpc) is 3.64. The van der Waals surface area contributed by atoms with Gasteiger partial charge in [-0.2, -0.15) is 0 Å². The van der Waals surface area contributed by atoms with Crippen LogP contribution in [0.4, 0.5) is 11.4 Å². The van der Waals surface area contributed by atoms with Crippen LogP contribution in [0.5, 0.6) is 0 Å². The Hall–Kier alpha value is -6.39. The van der Waals surface area contributed by atoms with Crippen LogP contribution >= 0.6 is 58.3 Å². The standard InChI is InChI=1S/C28H21ClN2OS.C21H14Cl2N2OS.C8H12/c29-22-10-6-7-19(17-22)15-16-30-28(32)21-13-14-26-24(18-21)31-27(20-8-2-1-3-9-20)23-11-4-5-12-25(23)33-26;22-16-7-5-14(17(23)10-16)11-25-21(26)13-6-8-20-18(9-13)24-12-15-3-1-2-4-19(15)27-20;1-4-5-6-7-8(2)3/h1-14,17-18H,15-16H2,(H,30,32);1-10,12H,11H2,(H,25,26);4-7H,2H2,1,3H3/b;;5-4-,7-6-. The Morgan fingerprint density at radius 1 is 0.647 bits per heavy atom. The molecular weight excluding hydrogens is 943 g/mol. The van der Waals surface area contributed by atoms with Gasteiger partial charge in [-0.15, -0.1) is 0 Å². The minimum Gasteiger partial charge on any atom is -0.352 e. The van der Waals surface area contributed by atoms with Crippen molar-refractivity contribution in [2.75, 3.05) is 6.54 Å². The highest BCUT2D eigenvalue weighted by Crippen LogP contribution is 2.42. The van der Waals surface area contributed by atoms with Crippen molar-refractivity contribution in [3.05, 3.63) is 248 Å². The number of allylic oxidation sites excluding steroid dienone is 5. The fraction of sp³-hybridized carbons (Fsp3) is 0.0877. The molecule has 6 nitrogen and oxygen atoms in total. The third kappa shape index (κ3) is 13.8. The second-order valence-electron chi connectivity index (χ2n) is 15.5. The van der Waals surface area contributed by atoms with E-state index >= 15 is 0 Å². The smallest absolute Gasteiger partial charge is 0.251 e. The molecule has 0 aliphatic carbocycles. The molecule has 0 radical (unpaired) electrons. The Bertz CT molecular complexity index is 3080. The van der Waals surface area contributed by atoms with Crippen LogP contribution < -0.4 is 10.6 Å². The highest BCUT2D eigenvalue weighted by molar-refractivity contribution is 7.99. The molecule has 9 rings (SSSR count). The number of hydrogen-bond donors (Lipinski definition) is 2. The summed E-state index contributed by atoms with van der Waals surface area (Å²) in [5.41, 5.74) is 9.87. The Kier molecular flexibility index (Phi) is 17.9. The van der Waals surface area contributed by atoms with E-state index in [2.05, 4.69) is 52.5 Å². The maximum atomic E-state index is 12.9. The third-order valence-corrected chi connectivity index (χ3v) is 13.4. The van der Waals surface area contributed by atoms with Crippen LogP contribution in [0.15, 0.2) is 224 Å².